The Balaban J connectivity index is 1.35. The maximum absolute atomic E-state index is 12.1. The van der Waals surface area contributed by atoms with Crippen LogP contribution >= 0.6 is 11.6 Å². The molecule has 140 valence electrons. The zero-order valence-electron chi connectivity index (χ0n) is 15.0. The van der Waals surface area contributed by atoms with Gasteiger partial charge < -0.3 is 10.1 Å². The summed E-state index contributed by atoms with van der Waals surface area (Å²) in [6.45, 7) is 0.615. The minimum absolute atomic E-state index is 0.0500. The van der Waals surface area contributed by atoms with E-state index in [0.29, 0.717) is 23.9 Å². The Hall–Kier alpha value is -3.18. The Labute approximate surface area is 168 Å². The number of benzene rings is 2. The van der Waals surface area contributed by atoms with Gasteiger partial charge in [0.05, 0.1) is 0 Å². The first kappa shape index (κ1) is 18.2. The van der Waals surface area contributed by atoms with E-state index < -0.39 is 6.09 Å². The lowest BCUT2D eigenvalue weighted by Crippen LogP contribution is -2.26. The van der Waals surface area contributed by atoms with Crippen molar-refractivity contribution in [1.29, 1.82) is 0 Å². The van der Waals surface area contributed by atoms with Gasteiger partial charge in [-0.25, -0.2) is 14.8 Å². The SMILES string of the molecule is O=C(NCC=Cc1cncnc1Cl)OCC1c2ccccc2-c2ccccc21. The first-order valence-electron chi connectivity index (χ1n) is 8.95. The molecule has 1 amide bonds. The Bertz CT molecular complexity index is 990. The van der Waals surface area contributed by atoms with Gasteiger partial charge in [-0.15, -0.1) is 0 Å². The first-order valence-corrected chi connectivity index (χ1v) is 9.32. The van der Waals surface area contributed by atoms with Gasteiger partial charge in [-0.05, 0) is 22.3 Å². The third-order valence-corrected chi connectivity index (χ3v) is 5.01. The van der Waals surface area contributed by atoms with Crippen molar-refractivity contribution in [3.63, 3.8) is 0 Å². The highest BCUT2D eigenvalue weighted by Crippen LogP contribution is 2.44. The van der Waals surface area contributed by atoms with E-state index in [2.05, 4.69) is 39.6 Å². The van der Waals surface area contributed by atoms with Crippen LogP contribution in [0.15, 0.2) is 67.1 Å². The molecule has 28 heavy (non-hydrogen) atoms. The summed E-state index contributed by atoms with van der Waals surface area (Å²) in [6.07, 6.45) is 6.06. The molecule has 2 aromatic carbocycles. The Kier molecular flexibility index (Phi) is 5.35. The Morgan fingerprint density at radius 2 is 1.79 bits per heavy atom. The predicted molar refractivity (Wildman–Crippen MR) is 109 cm³/mol. The number of amides is 1. The maximum Gasteiger partial charge on any atom is 0.407 e. The number of rotatable bonds is 5. The second-order valence-electron chi connectivity index (χ2n) is 6.38. The topological polar surface area (TPSA) is 64.1 Å². The highest BCUT2D eigenvalue weighted by molar-refractivity contribution is 6.30. The highest BCUT2D eigenvalue weighted by atomic mass is 35.5. The molecule has 1 aromatic heterocycles. The molecule has 0 fully saturated rings. The number of nitrogens with one attached hydrogen (secondary N) is 1. The smallest absolute Gasteiger partial charge is 0.407 e. The molecule has 3 aromatic rings. The van der Waals surface area contributed by atoms with Gasteiger partial charge in [0.25, 0.3) is 0 Å². The Morgan fingerprint density at radius 1 is 1.11 bits per heavy atom. The Morgan fingerprint density at radius 3 is 2.46 bits per heavy atom. The molecule has 0 spiro atoms. The van der Waals surface area contributed by atoms with E-state index in [1.807, 2.05) is 24.3 Å². The molecule has 0 unspecified atom stereocenters. The van der Waals surface area contributed by atoms with E-state index >= 15 is 0 Å². The fourth-order valence-electron chi connectivity index (χ4n) is 3.41. The van der Waals surface area contributed by atoms with Crippen LogP contribution < -0.4 is 5.32 Å². The number of carbonyl (C=O) groups excluding carboxylic acids is 1. The van der Waals surface area contributed by atoms with Crippen LogP contribution in [0, 0.1) is 0 Å². The molecule has 0 radical (unpaired) electrons. The molecule has 1 aliphatic rings. The van der Waals surface area contributed by atoms with Crippen LogP contribution in [0.3, 0.4) is 0 Å². The van der Waals surface area contributed by atoms with E-state index in [-0.39, 0.29) is 5.92 Å². The average Bonchev–Trinajstić information content (AvgIpc) is 3.05. The predicted octanol–water partition coefficient (Wildman–Crippen LogP) is 4.68. The van der Waals surface area contributed by atoms with Crippen molar-refractivity contribution in [2.45, 2.75) is 5.92 Å². The molecule has 1 heterocycles. The van der Waals surface area contributed by atoms with Crippen LogP contribution in [0.25, 0.3) is 17.2 Å². The number of ether oxygens (including phenoxy) is 1. The molecular formula is C22H18ClN3O2. The molecule has 5 nitrogen and oxygen atoms in total. The summed E-state index contributed by atoms with van der Waals surface area (Å²) in [5, 5.41) is 3.08. The van der Waals surface area contributed by atoms with Crippen molar-refractivity contribution in [2.75, 3.05) is 13.2 Å². The van der Waals surface area contributed by atoms with Gasteiger partial charge in [-0.1, -0.05) is 72.3 Å². The number of alkyl carbamates (subject to hydrolysis) is 1. The summed E-state index contributed by atoms with van der Waals surface area (Å²) in [5.74, 6) is 0.0500. The number of halogens is 1. The van der Waals surface area contributed by atoms with E-state index in [4.69, 9.17) is 16.3 Å². The summed E-state index contributed by atoms with van der Waals surface area (Å²) in [6, 6.07) is 16.5. The molecule has 0 atom stereocenters. The number of aromatic nitrogens is 2. The van der Waals surface area contributed by atoms with Gasteiger partial charge in [0, 0.05) is 24.2 Å². The van der Waals surface area contributed by atoms with E-state index in [0.717, 1.165) is 0 Å². The summed E-state index contributed by atoms with van der Waals surface area (Å²) in [7, 11) is 0. The zero-order valence-corrected chi connectivity index (χ0v) is 15.8. The van der Waals surface area contributed by atoms with Crippen molar-refractivity contribution in [1.82, 2.24) is 15.3 Å². The van der Waals surface area contributed by atoms with Gasteiger partial charge in [-0.3, -0.25) is 0 Å². The van der Waals surface area contributed by atoms with Crippen LogP contribution in [0.4, 0.5) is 4.79 Å². The molecule has 1 aliphatic carbocycles. The second kappa shape index (κ2) is 8.23. The number of fused-ring (bicyclic) bond motifs is 3. The summed E-state index contributed by atoms with van der Waals surface area (Å²) in [5.41, 5.74) is 5.48. The summed E-state index contributed by atoms with van der Waals surface area (Å²) >= 11 is 5.96. The number of carbonyl (C=O) groups is 1. The van der Waals surface area contributed by atoms with Crippen LogP contribution in [0.2, 0.25) is 5.15 Å². The fraction of sp³-hybridized carbons (Fsp3) is 0.136. The van der Waals surface area contributed by atoms with Gasteiger partial charge in [0.2, 0.25) is 0 Å². The number of hydrogen-bond donors (Lipinski definition) is 1. The largest absolute Gasteiger partial charge is 0.449 e. The minimum Gasteiger partial charge on any atom is -0.449 e. The quantitative estimate of drug-likeness (QED) is 0.641. The van der Waals surface area contributed by atoms with Gasteiger partial charge in [-0.2, -0.15) is 0 Å². The lowest BCUT2D eigenvalue weighted by Gasteiger charge is -2.14. The number of hydrogen-bond acceptors (Lipinski definition) is 4. The molecule has 6 heteroatoms. The van der Waals surface area contributed by atoms with E-state index in [1.165, 1.54) is 28.6 Å². The van der Waals surface area contributed by atoms with Gasteiger partial charge >= 0.3 is 6.09 Å². The maximum atomic E-state index is 12.1. The molecule has 4 rings (SSSR count). The molecule has 0 bridgehead atoms. The summed E-state index contributed by atoms with van der Waals surface area (Å²) < 4.78 is 5.48. The summed E-state index contributed by atoms with van der Waals surface area (Å²) in [4.78, 5) is 19.9. The molecular weight excluding hydrogens is 374 g/mol. The monoisotopic (exact) mass is 391 g/mol. The minimum atomic E-state index is -0.457. The normalized spacial score (nSPS) is 12.6. The van der Waals surface area contributed by atoms with Crippen molar-refractivity contribution in [3.8, 4) is 11.1 Å². The average molecular weight is 392 g/mol. The van der Waals surface area contributed by atoms with Crippen LogP contribution in [0.1, 0.15) is 22.6 Å². The van der Waals surface area contributed by atoms with Crippen LogP contribution in [0.5, 0.6) is 0 Å². The van der Waals surface area contributed by atoms with Crippen molar-refractivity contribution in [3.05, 3.63) is 89.0 Å². The van der Waals surface area contributed by atoms with Crippen molar-refractivity contribution in [2.24, 2.45) is 0 Å². The van der Waals surface area contributed by atoms with Gasteiger partial charge in [0.1, 0.15) is 18.1 Å². The highest BCUT2D eigenvalue weighted by Gasteiger charge is 2.28. The zero-order chi connectivity index (χ0) is 19.3. The van der Waals surface area contributed by atoms with E-state index in [9.17, 15) is 4.79 Å². The van der Waals surface area contributed by atoms with Crippen molar-refractivity contribution < 1.29 is 9.53 Å². The van der Waals surface area contributed by atoms with Crippen LogP contribution in [-0.2, 0) is 4.74 Å². The third kappa shape index (κ3) is 3.75. The third-order valence-electron chi connectivity index (χ3n) is 4.69. The number of nitrogens with zero attached hydrogens (tertiary/aromatic N) is 2. The standard InChI is InChI=1S/C22H18ClN3O2/c23-21-15(12-24-14-26-21)6-5-11-25-22(27)28-13-20-18-9-3-1-7-16(18)17-8-2-4-10-19(17)20/h1-10,12,14,20H,11,13H2,(H,25,27). The molecule has 0 saturated heterocycles. The van der Waals surface area contributed by atoms with Gasteiger partial charge in [0.15, 0.2) is 0 Å². The van der Waals surface area contributed by atoms with Crippen molar-refractivity contribution >= 4 is 23.8 Å². The second-order valence-corrected chi connectivity index (χ2v) is 6.74. The fourth-order valence-corrected chi connectivity index (χ4v) is 3.57. The molecule has 0 aliphatic heterocycles. The molecule has 1 N–H and O–H groups in total. The van der Waals surface area contributed by atoms with Crippen LogP contribution in [-0.4, -0.2) is 29.2 Å². The first-order chi connectivity index (χ1) is 13.7. The van der Waals surface area contributed by atoms with E-state index in [1.54, 1.807) is 18.3 Å². The molecule has 0 saturated carbocycles. The lowest BCUT2D eigenvalue weighted by atomic mass is 9.98. The lowest BCUT2D eigenvalue weighted by molar-refractivity contribution is 0.144.